The third-order valence-electron chi connectivity index (χ3n) is 4.32. The Morgan fingerprint density at radius 3 is 2.80 bits per heavy atom. The summed E-state index contributed by atoms with van der Waals surface area (Å²) in [4.78, 5) is 22.4. The molecule has 5 nitrogen and oxygen atoms in total. The lowest BCUT2D eigenvalue weighted by atomic mass is 10.2. The lowest BCUT2D eigenvalue weighted by molar-refractivity contribution is 0.0152. The monoisotopic (exact) mass is 405 g/mol. The highest BCUT2D eigenvalue weighted by molar-refractivity contribution is 9.10. The number of benzene rings is 1. The van der Waals surface area contributed by atoms with Gasteiger partial charge in [-0.25, -0.2) is 9.78 Å². The van der Waals surface area contributed by atoms with Crippen LogP contribution < -0.4 is 0 Å². The number of ether oxygens (including phenoxy) is 1. The summed E-state index contributed by atoms with van der Waals surface area (Å²) in [7, 11) is 0. The maximum absolute atomic E-state index is 12.6. The molecule has 1 aromatic carbocycles. The van der Waals surface area contributed by atoms with Crippen molar-refractivity contribution in [3.63, 3.8) is 0 Å². The topological polar surface area (TPSA) is 58.2 Å². The Kier molecular flexibility index (Phi) is 4.91. The first kappa shape index (κ1) is 18.0. The Bertz CT molecular complexity index is 766. The van der Waals surface area contributed by atoms with Crippen molar-refractivity contribution in [3.05, 3.63) is 40.8 Å². The standard InChI is InChI=1S/C19H24BrN3O2/c1-12-8-9-16(23(12)18(24)25-19(2,3)4)17-21-11-15(22-17)13-6-5-7-14(20)10-13/h5-7,10-12,16H,8-9H2,1-4H3,(H,21,22)/t12-,16+/m1/s1. The molecular weight excluding hydrogens is 382 g/mol. The number of likely N-dealkylation sites (tertiary alicyclic amines) is 1. The molecule has 134 valence electrons. The van der Waals surface area contributed by atoms with Crippen LogP contribution in [0.1, 0.15) is 52.4 Å². The average molecular weight is 406 g/mol. The third-order valence-corrected chi connectivity index (χ3v) is 4.81. The highest BCUT2D eigenvalue weighted by Crippen LogP contribution is 2.36. The molecule has 1 aliphatic rings. The van der Waals surface area contributed by atoms with Gasteiger partial charge in [-0.15, -0.1) is 0 Å². The number of hydrogen-bond donors (Lipinski definition) is 1. The van der Waals surface area contributed by atoms with Crippen molar-refractivity contribution in [1.29, 1.82) is 0 Å². The molecule has 0 aliphatic carbocycles. The van der Waals surface area contributed by atoms with Crippen LogP contribution in [0.4, 0.5) is 4.79 Å². The van der Waals surface area contributed by atoms with Crippen molar-refractivity contribution in [2.75, 3.05) is 0 Å². The number of carbonyl (C=O) groups excluding carboxylic acids is 1. The molecule has 25 heavy (non-hydrogen) atoms. The van der Waals surface area contributed by atoms with E-state index in [4.69, 9.17) is 4.74 Å². The van der Waals surface area contributed by atoms with E-state index in [9.17, 15) is 4.79 Å². The van der Waals surface area contributed by atoms with Gasteiger partial charge in [0.1, 0.15) is 11.4 Å². The summed E-state index contributed by atoms with van der Waals surface area (Å²) in [5.74, 6) is 0.810. The minimum absolute atomic E-state index is 0.0780. The smallest absolute Gasteiger partial charge is 0.411 e. The molecule has 1 N–H and O–H groups in total. The minimum atomic E-state index is -0.505. The van der Waals surface area contributed by atoms with E-state index in [0.29, 0.717) is 0 Å². The number of nitrogens with zero attached hydrogens (tertiary/aromatic N) is 2. The van der Waals surface area contributed by atoms with Gasteiger partial charge in [0, 0.05) is 16.1 Å². The molecule has 1 saturated heterocycles. The summed E-state index contributed by atoms with van der Waals surface area (Å²) in [5.41, 5.74) is 1.50. The van der Waals surface area contributed by atoms with Crippen LogP contribution in [0.2, 0.25) is 0 Å². The summed E-state index contributed by atoms with van der Waals surface area (Å²) >= 11 is 3.49. The first-order valence-corrected chi connectivity index (χ1v) is 9.36. The van der Waals surface area contributed by atoms with Crippen molar-refractivity contribution >= 4 is 22.0 Å². The quantitative estimate of drug-likeness (QED) is 0.736. The molecule has 0 spiro atoms. The normalized spacial score (nSPS) is 20.8. The SMILES string of the molecule is C[C@@H]1CC[C@@H](c2ncc(-c3cccc(Br)c3)[nH]2)N1C(=O)OC(C)(C)C. The average Bonchev–Trinajstić information content (AvgIpc) is 3.11. The van der Waals surface area contributed by atoms with E-state index in [2.05, 4.69) is 32.8 Å². The largest absolute Gasteiger partial charge is 0.444 e. The molecule has 3 rings (SSSR count). The van der Waals surface area contributed by atoms with Crippen molar-refractivity contribution < 1.29 is 9.53 Å². The third kappa shape index (κ3) is 4.06. The van der Waals surface area contributed by atoms with Crippen molar-refractivity contribution in [3.8, 4) is 11.3 Å². The summed E-state index contributed by atoms with van der Waals surface area (Å²) < 4.78 is 6.61. The van der Waals surface area contributed by atoms with Crippen molar-refractivity contribution in [2.45, 2.75) is 58.2 Å². The van der Waals surface area contributed by atoms with Crippen LogP contribution in [0.15, 0.2) is 34.9 Å². The van der Waals surface area contributed by atoms with Crippen LogP contribution in [0.25, 0.3) is 11.3 Å². The number of rotatable bonds is 2. The van der Waals surface area contributed by atoms with Crippen molar-refractivity contribution in [2.24, 2.45) is 0 Å². The van der Waals surface area contributed by atoms with E-state index in [1.54, 1.807) is 0 Å². The lowest BCUT2D eigenvalue weighted by Crippen LogP contribution is -2.40. The first-order valence-electron chi connectivity index (χ1n) is 8.57. The summed E-state index contributed by atoms with van der Waals surface area (Å²) in [6.45, 7) is 7.72. The zero-order valence-corrected chi connectivity index (χ0v) is 16.6. The van der Waals surface area contributed by atoms with E-state index in [1.807, 2.05) is 56.1 Å². The van der Waals surface area contributed by atoms with Crippen LogP contribution in [0, 0.1) is 0 Å². The molecule has 2 heterocycles. The number of hydrogen-bond acceptors (Lipinski definition) is 3. The molecule has 6 heteroatoms. The number of H-pyrrole nitrogens is 1. The second-order valence-corrected chi connectivity index (χ2v) is 8.44. The van der Waals surface area contributed by atoms with Crippen LogP contribution in [-0.4, -0.2) is 32.6 Å². The first-order chi connectivity index (χ1) is 11.7. The summed E-state index contributed by atoms with van der Waals surface area (Å²) in [6.07, 6.45) is 3.37. The fraction of sp³-hybridized carbons (Fsp3) is 0.474. The molecule has 0 bridgehead atoms. The van der Waals surface area contributed by atoms with Gasteiger partial charge in [0.15, 0.2) is 0 Å². The Morgan fingerprint density at radius 2 is 2.12 bits per heavy atom. The van der Waals surface area contributed by atoms with Crippen LogP contribution >= 0.6 is 15.9 Å². The highest BCUT2D eigenvalue weighted by atomic mass is 79.9. The van der Waals surface area contributed by atoms with E-state index < -0.39 is 5.60 Å². The Hall–Kier alpha value is -1.82. The summed E-state index contributed by atoms with van der Waals surface area (Å²) in [6, 6.07) is 8.12. The Morgan fingerprint density at radius 1 is 1.36 bits per heavy atom. The lowest BCUT2D eigenvalue weighted by Gasteiger charge is -2.30. The number of imidazole rings is 1. The fourth-order valence-corrected chi connectivity index (χ4v) is 3.58. The fourth-order valence-electron chi connectivity index (χ4n) is 3.18. The van der Waals surface area contributed by atoms with E-state index in [0.717, 1.165) is 34.4 Å². The highest BCUT2D eigenvalue weighted by Gasteiger charge is 2.39. The maximum Gasteiger partial charge on any atom is 0.411 e. The number of carbonyl (C=O) groups is 1. The van der Waals surface area contributed by atoms with E-state index in [-0.39, 0.29) is 18.2 Å². The number of aromatic amines is 1. The van der Waals surface area contributed by atoms with Gasteiger partial charge in [-0.05, 0) is 52.7 Å². The zero-order chi connectivity index (χ0) is 18.2. The second kappa shape index (κ2) is 6.83. The molecular formula is C19H24BrN3O2. The van der Waals surface area contributed by atoms with Crippen LogP contribution in [0.5, 0.6) is 0 Å². The number of aromatic nitrogens is 2. The van der Waals surface area contributed by atoms with Crippen LogP contribution in [0.3, 0.4) is 0 Å². The predicted octanol–water partition coefficient (Wildman–Crippen LogP) is 5.30. The summed E-state index contributed by atoms with van der Waals surface area (Å²) in [5, 5.41) is 0. The molecule has 1 aliphatic heterocycles. The molecule has 1 aromatic heterocycles. The molecule has 0 unspecified atom stereocenters. The van der Waals surface area contributed by atoms with Crippen LogP contribution in [-0.2, 0) is 4.74 Å². The van der Waals surface area contributed by atoms with Gasteiger partial charge in [0.05, 0.1) is 17.9 Å². The maximum atomic E-state index is 12.6. The molecule has 1 fully saturated rings. The number of amides is 1. The Balaban J connectivity index is 1.84. The van der Waals surface area contributed by atoms with Gasteiger partial charge in [-0.1, -0.05) is 28.1 Å². The van der Waals surface area contributed by atoms with Gasteiger partial charge in [-0.3, -0.25) is 4.90 Å². The van der Waals surface area contributed by atoms with Gasteiger partial charge in [0.25, 0.3) is 0 Å². The molecule has 0 saturated carbocycles. The minimum Gasteiger partial charge on any atom is -0.444 e. The molecule has 2 atom stereocenters. The van der Waals surface area contributed by atoms with Gasteiger partial charge >= 0.3 is 6.09 Å². The van der Waals surface area contributed by atoms with E-state index >= 15 is 0 Å². The molecule has 2 aromatic rings. The second-order valence-electron chi connectivity index (χ2n) is 7.52. The zero-order valence-electron chi connectivity index (χ0n) is 15.0. The molecule has 1 amide bonds. The van der Waals surface area contributed by atoms with E-state index in [1.165, 1.54) is 0 Å². The predicted molar refractivity (Wildman–Crippen MR) is 101 cm³/mol. The van der Waals surface area contributed by atoms with Crippen molar-refractivity contribution in [1.82, 2.24) is 14.9 Å². The Labute approximate surface area is 156 Å². The molecule has 0 radical (unpaired) electrons. The van der Waals surface area contributed by atoms with Gasteiger partial charge < -0.3 is 9.72 Å². The van der Waals surface area contributed by atoms with Gasteiger partial charge in [-0.2, -0.15) is 0 Å². The van der Waals surface area contributed by atoms with Gasteiger partial charge in [0.2, 0.25) is 0 Å². The number of nitrogens with one attached hydrogen (secondary N) is 1. The number of halogens is 1.